The van der Waals surface area contributed by atoms with Crippen LogP contribution in [-0.4, -0.2) is 30.3 Å². The molecule has 0 fully saturated rings. The van der Waals surface area contributed by atoms with E-state index in [-0.39, 0.29) is 17.2 Å². The van der Waals surface area contributed by atoms with Gasteiger partial charge in [-0.2, -0.15) is 0 Å². The molecular weight excluding hydrogens is 344 g/mol. The van der Waals surface area contributed by atoms with Gasteiger partial charge >= 0.3 is 0 Å². The van der Waals surface area contributed by atoms with Crippen LogP contribution in [-0.2, 0) is 16.8 Å². The Morgan fingerprint density at radius 2 is 1.77 bits per heavy atom. The largest absolute Gasteiger partial charge is 0.352 e. The fraction of sp³-hybridized carbons (Fsp3) is 0.429. The van der Waals surface area contributed by atoms with Crippen molar-refractivity contribution in [2.75, 3.05) is 13.6 Å². The van der Waals surface area contributed by atoms with E-state index in [1.165, 1.54) is 16.0 Å². The van der Waals surface area contributed by atoms with Crippen molar-refractivity contribution in [2.24, 2.45) is 0 Å². The summed E-state index contributed by atoms with van der Waals surface area (Å²) in [4.78, 5) is 27.4. The van der Waals surface area contributed by atoms with Crippen molar-refractivity contribution >= 4 is 23.2 Å². The summed E-state index contributed by atoms with van der Waals surface area (Å²) in [6.45, 7) is 9.43. The van der Waals surface area contributed by atoms with Crippen molar-refractivity contribution in [1.29, 1.82) is 0 Å². The molecule has 2 aromatic rings. The van der Waals surface area contributed by atoms with Gasteiger partial charge in [-0.3, -0.25) is 9.59 Å². The molecule has 0 unspecified atom stereocenters. The molecule has 5 heteroatoms. The van der Waals surface area contributed by atoms with Gasteiger partial charge in [-0.25, -0.2) is 0 Å². The Morgan fingerprint density at radius 3 is 2.31 bits per heavy atom. The number of carbonyl (C=O) groups is 2. The number of carbonyl (C=O) groups excluding carboxylic acids is 2. The van der Waals surface area contributed by atoms with Crippen LogP contribution < -0.4 is 5.32 Å². The van der Waals surface area contributed by atoms with E-state index in [9.17, 15) is 9.59 Å². The molecule has 1 heterocycles. The molecule has 0 saturated carbocycles. The Morgan fingerprint density at radius 1 is 1.12 bits per heavy atom. The SMILES string of the molecule is Cc1ccsc1CN(C)C(=O)CCNC(=O)c1ccc(C(C)(C)C)cc1. The molecule has 1 aromatic heterocycles. The minimum absolute atomic E-state index is 0.0289. The van der Waals surface area contributed by atoms with Crippen LogP contribution in [0.1, 0.15) is 53.6 Å². The Balaban J connectivity index is 1.80. The second kappa shape index (κ2) is 8.49. The minimum Gasteiger partial charge on any atom is -0.352 e. The van der Waals surface area contributed by atoms with Gasteiger partial charge in [0.15, 0.2) is 0 Å². The summed E-state index contributed by atoms with van der Waals surface area (Å²) >= 11 is 1.66. The normalized spacial score (nSPS) is 11.3. The topological polar surface area (TPSA) is 49.4 Å². The molecule has 0 saturated heterocycles. The first-order valence-corrected chi connectivity index (χ1v) is 9.72. The van der Waals surface area contributed by atoms with E-state index in [0.29, 0.717) is 25.1 Å². The maximum absolute atomic E-state index is 12.2. The van der Waals surface area contributed by atoms with Crippen molar-refractivity contribution in [3.8, 4) is 0 Å². The maximum Gasteiger partial charge on any atom is 0.251 e. The average molecular weight is 373 g/mol. The second-order valence-electron chi connectivity index (χ2n) is 7.61. The predicted octanol–water partition coefficient (Wildman–Crippen LogP) is 4.13. The fourth-order valence-corrected chi connectivity index (χ4v) is 3.53. The van der Waals surface area contributed by atoms with Crippen LogP contribution in [0.4, 0.5) is 0 Å². The van der Waals surface area contributed by atoms with E-state index in [4.69, 9.17) is 0 Å². The van der Waals surface area contributed by atoms with Gasteiger partial charge in [0.1, 0.15) is 0 Å². The molecule has 2 rings (SSSR count). The lowest BCUT2D eigenvalue weighted by Gasteiger charge is -2.19. The molecule has 0 atom stereocenters. The van der Waals surface area contributed by atoms with Crippen LogP contribution in [0.2, 0.25) is 0 Å². The number of thiophene rings is 1. The van der Waals surface area contributed by atoms with Crippen molar-refractivity contribution in [3.05, 3.63) is 57.3 Å². The lowest BCUT2D eigenvalue weighted by Crippen LogP contribution is -2.31. The Kier molecular flexibility index (Phi) is 6.59. The van der Waals surface area contributed by atoms with Crippen LogP contribution in [0.5, 0.6) is 0 Å². The number of rotatable bonds is 6. The summed E-state index contributed by atoms with van der Waals surface area (Å²) in [7, 11) is 1.80. The summed E-state index contributed by atoms with van der Waals surface area (Å²) in [6, 6.07) is 9.70. The third-order valence-electron chi connectivity index (χ3n) is 4.41. The zero-order valence-corrected chi connectivity index (χ0v) is 17.1. The van der Waals surface area contributed by atoms with Gasteiger partial charge in [0.2, 0.25) is 5.91 Å². The highest BCUT2D eigenvalue weighted by atomic mass is 32.1. The van der Waals surface area contributed by atoms with Crippen LogP contribution >= 0.6 is 11.3 Å². The summed E-state index contributed by atoms with van der Waals surface area (Å²) in [5.41, 5.74) is 3.08. The van der Waals surface area contributed by atoms with Gasteiger partial charge in [-0.15, -0.1) is 11.3 Å². The first-order valence-electron chi connectivity index (χ1n) is 8.84. The van der Waals surface area contributed by atoms with Crippen molar-refractivity contribution in [3.63, 3.8) is 0 Å². The highest BCUT2D eigenvalue weighted by Crippen LogP contribution is 2.22. The van der Waals surface area contributed by atoms with Gasteiger partial charge in [0.25, 0.3) is 5.91 Å². The van der Waals surface area contributed by atoms with Gasteiger partial charge in [0, 0.05) is 30.5 Å². The van der Waals surface area contributed by atoms with E-state index in [1.54, 1.807) is 23.3 Å². The van der Waals surface area contributed by atoms with Crippen LogP contribution in [0.15, 0.2) is 35.7 Å². The third kappa shape index (κ3) is 5.43. The smallest absolute Gasteiger partial charge is 0.251 e. The summed E-state index contributed by atoms with van der Waals surface area (Å²) in [6.07, 6.45) is 0.298. The molecular formula is C21H28N2O2S. The lowest BCUT2D eigenvalue weighted by molar-refractivity contribution is -0.130. The average Bonchev–Trinajstić information content (AvgIpc) is 2.98. The van der Waals surface area contributed by atoms with Gasteiger partial charge < -0.3 is 10.2 Å². The fourth-order valence-electron chi connectivity index (χ4n) is 2.57. The predicted molar refractivity (Wildman–Crippen MR) is 108 cm³/mol. The summed E-state index contributed by atoms with van der Waals surface area (Å²) in [5, 5.41) is 4.87. The molecule has 0 aliphatic rings. The standard InChI is InChI=1S/C21H28N2O2S/c1-15-11-13-26-18(15)14-23(5)19(24)10-12-22-20(25)16-6-8-17(9-7-16)21(2,3)4/h6-9,11,13H,10,12,14H2,1-5H3,(H,22,25). The van der Waals surface area contributed by atoms with E-state index in [0.717, 1.165) is 0 Å². The van der Waals surface area contributed by atoms with Crippen molar-refractivity contribution in [1.82, 2.24) is 10.2 Å². The zero-order chi connectivity index (χ0) is 19.3. The molecule has 140 valence electrons. The Bertz CT molecular complexity index is 757. The van der Waals surface area contributed by atoms with E-state index >= 15 is 0 Å². The molecule has 1 aromatic carbocycles. The maximum atomic E-state index is 12.2. The number of nitrogens with one attached hydrogen (secondary N) is 1. The van der Waals surface area contributed by atoms with Gasteiger partial charge in [-0.1, -0.05) is 32.9 Å². The molecule has 26 heavy (non-hydrogen) atoms. The number of aryl methyl sites for hydroxylation is 1. The first-order chi connectivity index (χ1) is 12.2. The quantitative estimate of drug-likeness (QED) is 0.829. The molecule has 0 radical (unpaired) electrons. The molecule has 0 spiro atoms. The number of hydrogen-bond acceptors (Lipinski definition) is 3. The van der Waals surface area contributed by atoms with Gasteiger partial charge in [-0.05, 0) is 47.0 Å². The number of nitrogens with zero attached hydrogens (tertiary/aromatic N) is 1. The minimum atomic E-state index is -0.144. The number of amides is 2. The summed E-state index contributed by atoms with van der Waals surface area (Å²) < 4.78 is 0. The molecule has 4 nitrogen and oxygen atoms in total. The zero-order valence-electron chi connectivity index (χ0n) is 16.3. The summed E-state index contributed by atoms with van der Waals surface area (Å²) in [5.74, 6) is -0.115. The Labute approximate surface area is 160 Å². The van der Waals surface area contributed by atoms with E-state index < -0.39 is 0 Å². The van der Waals surface area contributed by atoms with Gasteiger partial charge in [0.05, 0.1) is 6.54 Å². The highest BCUT2D eigenvalue weighted by molar-refractivity contribution is 7.10. The molecule has 0 aliphatic heterocycles. The van der Waals surface area contributed by atoms with E-state index in [1.807, 2.05) is 29.6 Å². The molecule has 2 amide bonds. The number of hydrogen-bond donors (Lipinski definition) is 1. The highest BCUT2D eigenvalue weighted by Gasteiger charge is 2.15. The monoisotopic (exact) mass is 372 g/mol. The van der Waals surface area contributed by atoms with Crippen molar-refractivity contribution < 1.29 is 9.59 Å². The molecule has 0 aliphatic carbocycles. The Hall–Kier alpha value is -2.14. The first kappa shape index (κ1) is 20.2. The van der Waals surface area contributed by atoms with Crippen LogP contribution in [0.25, 0.3) is 0 Å². The lowest BCUT2D eigenvalue weighted by atomic mass is 9.87. The molecule has 1 N–H and O–H groups in total. The second-order valence-corrected chi connectivity index (χ2v) is 8.61. The van der Waals surface area contributed by atoms with E-state index in [2.05, 4.69) is 39.1 Å². The molecule has 0 bridgehead atoms. The third-order valence-corrected chi connectivity index (χ3v) is 5.42. The van der Waals surface area contributed by atoms with Crippen LogP contribution in [0.3, 0.4) is 0 Å². The number of benzene rings is 1. The van der Waals surface area contributed by atoms with Crippen molar-refractivity contribution in [2.45, 2.75) is 46.1 Å². The van der Waals surface area contributed by atoms with Crippen LogP contribution in [0, 0.1) is 6.92 Å².